The third kappa shape index (κ3) is 2.52. The second-order valence-corrected chi connectivity index (χ2v) is 5.46. The second kappa shape index (κ2) is 5.46. The molecule has 0 radical (unpaired) electrons. The lowest BCUT2D eigenvalue weighted by Crippen LogP contribution is -2.25. The van der Waals surface area contributed by atoms with Crippen LogP contribution in [-0.2, 0) is 0 Å². The van der Waals surface area contributed by atoms with Gasteiger partial charge in [-0.05, 0) is 30.5 Å². The van der Waals surface area contributed by atoms with Crippen LogP contribution in [0.1, 0.15) is 23.5 Å². The summed E-state index contributed by atoms with van der Waals surface area (Å²) >= 11 is 6.79. The number of anilines is 1. The van der Waals surface area contributed by atoms with Crippen molar-refractivity contribution in [2.75, 3.05) is 11.9 Å². The molecule has 1 unspecified atom stereocenters. The highest BCUT2D eigenvalue weighted by atomic mass is 32.1. The molecule has 0 spiro atoms. The van der Waals surface area contributed by atoms with Gasteiger partial charge in [-0.15, -0.1) is 11.3 Å². The summed E-state index contributed by atoms with van der Waals surface area (Å²) in [5.74, 6) is 0. The topological polar surface area (TPSA) is 42.2 Å². The number of rotatable bonds is 4. The van der Waals surface area contributed by atoms with Crippen LogP contribution in [-0.4, -0.2) is 17.0 Å². The number of thiocarbonyl (C=S) groups is 1. The summed E-state index contributed by atoms with van der Waals surface area (Å²) in [7, 11) is 2.03. The lowest BCUT2D eigenvalue weighted by atomic mass is 10.2. The minimum absolute atomic E-state index is 0.266. The molecule has 2 aromatic rings. The molecule has 0 aliphatic carbocycles. The molecule has 0 aliphatic heterocycles. The van der Waals surface area contributed by atoms with Gasteiger partial charge in [0.25, 0.3) is 0 Å². The molecular formula is C13H15N3S2. The number of aromatic nitrogens is 1. The van der Waals surface area contributed by atoms with E-state index < -0.39 is 0 Å². The van der Waals surface area contributed by atoms with Crippen LogP contribution in [0, 0.1) is 0 Å². The van der Waals surface area contributed by atoms with Gasteiger partial charge in [0.1, 0.15) is 10.7 Å². The fourth-order valence-electron chi connectivity index (χ4n) is 1.80. The fourth-order valence-corrected chi connectivity index (χ4v) is 2.78. The van der Waals surface area contributed by atoms with Gasteiger partial charge in [0.15, 0.2) is 0 Å². The van der Waals surface area contributed by atoms with Crippen LogP contribution in [0.2, 0.25) is 0 Å². The maximum Gasteiger partial charge on any atom is 0.124 e. The van der Waals surface area contributed by atoms with E-state index in [0.717, 1.165) is 5.69 Å². The van der Waals surface area contributed by atoms with E-state index in [1.54, 1.807) is 17.5 Å². The molecule has 3 nitrogen and oxygen atoms in total. The zero-order chi connectivity index (χ0) is 13.1. The SMILES string of the molecule is CC(c1cccs1)N(C)c1cccnc1C(N)=S. The van der Waals surface area contributed by atoms with Crippen LogP contribution in [0.4, 0.5) is 5.69 Å². The van der Waals surface area contributed by atoms with Crippen LogP contribution < -0.4 is 10.6 Å². The van der Waals surface area contributed by atoms with Crippen molar-refractivity contribution in [2.45, 2.75) is 13.0 Å². The molecule has 0 saturated carbocycles. The molecule has 2 N–H and O–H groups in total. The molecule has 0 bridgehead atoms. The number of pyridine rings is 1. The van der Waals surface area contributed by atoms with Gasteiger partial charge in [-0.2, -0.15) is 0 Å². The quantitative estimate of drug-likeness (QED) is 0.872. The van der Waals surface area contributed by atoms with Crippen LogP contribution in [0.25, 0.3) is 0 Å². The van der Waals surface area contributed by atoms with E-state index in [0.29, 0.717) is 10.7 Å². The Morgan fingerprint density at radius 2 is 2.22 bits per heavy atom. The van der Waals surface area contributed by atoms with Crippen LogP contribution in [0.5, 0.6) is 0 Å². The van der Waals surface area contributed by atoms with E-state index in [2.05, 4.69) is 34.3 Å². The highest BCUT2D eigenvalue weighted by Gasteiger charge is 2.17. The van der Waals surface area contributed by atoms with Gasteiger partial charge in [-0.3, -0.25) is 4.98 Å². The molecule has 18 heavy (non-hydrogen) atoms. The van der Waals surface area contributed by atoms with E-state index in [1.165, 1.54) is 4.88 Å². The standard InChI is InChI=1S/C13H15N3S2/c1-9(11-6-4-8-18-11)16(2)10-5-3-7-15-12(10)13(14)17/h3-9H,1-2H3,(H2,14,17). The molecule has 0 aromatic carbocycles. The molecule has 2 rings (SSSR count). The molecule has 2 heterocycles. The first-order valence-electron chi connectivity index (χ1n) is 5.62. The Kier molecular flexibility index (Phi) is 3.93. The number of thiophene rings is 1. The number of hydrogen-bond acceptors (Lipinski definition) is 4. The smallest absolute Gasteiger partial charge is 0.124 e. The molecule has 5 heteroatoms. The normalized spacial score (nSPS) is 12.1. The molecular weight excluding hydrogens is 262 g/mol. The van der Waals surface area contributed by atoms with Gasteiger partial charge in [0.2, 0.25) is 0 Å². The van der Waals surface area contributed by atoms with Crippen molar-refractivity contribution in [3.8, 4) is 0 Å². The van der Waals surface area contributed by atoms with Crippen molar-refractivity contribution in [2.24, 2.45) is 5.73 Å². The first-order valence-corrected chi connectivity index (χ1v) is 6.91. The van der Waals surface area contributed by atoms with Gasteiger partial charge in [-0.25, -0.2) is 0 Å². The van der Waals surface area contributed by atoms with Gasteiger partial charge in [-0.1, -0.05) is 18.3 Å². The minimum Gasteiger partial charge on any atom is -0.388 e. The van der Waals surface area contributed by atoms with E-state index >= 15 is 0 Å². The molecule has 0 saturated heterocycles. The third-order valence-electron chi connectivity index (χ3n) is 2.94. The predicted octanol–water partition coefficient (Wildman–Crippen LogP) is 2.97. The number of nitrogens with zero attached hydrogens (tertiary/aromatic N) is 2. The summed E-state index contributed by atoms with van der Waals surface area (Å²) in [6.07, 6.45) is 1.71. The van der Waals surface area contributed by atoms with Crippen molar-refractivity contribution in [1.29, 1.82) is 0 Å². The first-order chi connectivity index (χ1) is 8.61. The monoisotopic (exact) mass is 277 g/mol. The Bertz CT molecular complexity index is 537. The Morgan fingerprint density at radius 3 is 2.83 bits per heavy atom. The Hall–Kier alpha value is -1.46. The zero-order valence-electron chi connectivity index (χ0n) is 10.3. The largest absolute Gasteiger partial charge is 0.388 e. The maximum absolute atomic E-state index is 5.72. The Labute approximate surface area is 116 Å². The van der Waals surface area contributed by atoms with Crippen LogP contribution >= 0.6 is 23.6 Å². The Morgan fingerprint density at radius 1 is 1.44 bits per heavy atom. The molecule has 1 atom stereocenters. The summed E-state index contributed by atoms with van der Waals surface area (Å²) < 4.78 is 0. The molecule has 0 fully saturated rings. The zero-order valence-corrected chi connectivity index (χ0v) is 12.0. The van der Waals surface area contributed by atoms with Crippen molar-refractivity contribution in [3.63, 3.8) is 0 Å². The van der Waals surface area contributed by atoms with Crippen molar-refractivity contribution in [3.05, 3.63) is 46.4 Å². The fraction of sp³-hybridized carbons (Fsp3) is 0.231. The average molecular weight is 277 g/mol. The number of nitrogens with two attached hydrogens (primary N) is 1. The van der Waals surface area contributed by atoms with Gasteiger partial charge in [0, 0.05) is 18.1 Å². The highest BCUT2D eigenvalue weighted by Crippen LogP contribution is 2.29. The van der Waals surface area contributed by atoms with Crippen molar-refractivity contribution in [1.82, 2.24) is 4.98 Å². The van der Waals surface area contributed by atoms with Crippen molar-refractivity contribution < 1.29 is 0 Å². The van der Waals surface area contributed by atoms with E-state index in [4.69, 9.17) is 18.0 Å². The molecule has 2 aromatic heterocycles. The van der Waals surface area contributed by atoms with Crippen molar-refractivity contribution >= 4 is 34.2 Å². The molecule has 0 amide bonds. The van der Waals surface area contributed by atoms with Gasteiger partial charge >= 0.3 is 0 Å². The summed E-state index contributed by atoms with van der Waals surface area (Å²) in [5, 5.41) is 2.08. The van der Waals surface area contributed by atoms with E-state index in [-0.39, 0.29) is 6.04 Å². The summed E-state index contributed by atoms with van der Waals surface area (Å²) in [4.78, 5) is 8.04. The molecule has 0 aliphatic rings. The average Bonchev–Trinajstić information content (AvgIpc) is 2.90. The van der Waals surface area contributed by atoms with Crippen LogP contribution in [0.15, 0.2) is 35.8 Å². The van der Waals surface area contributed by atoms with Gasteiger partial charge in [0.05, 0.1) is 11.7 Å². The second-order valence-electron chi connectivity index (χ2n) is 4.04. The lowest BCUT2D eigenvalue weighted by molar-refractivity contribution is 0.751. The third-order valence-corrected chi connectivity index (χ3v) is 4.17. The first kappa shape index (κ1) is 13.0. The highest BCUT2D eigenvalue weighted by molar-refractivity contribution is 7.80. The number of hydrogen-bond donors (Lipinski definition) is 1. The predicted molar refractivity (Wildman–Crippen MR) is 81.3 cm³/mol. The van der Waals surface area contributed by atoms with Crippen LogP contribution in [0.3, 0.4) is 0 Å². The summed E-state index contributed by atoms with van der Waals surface area (Å²) in [6.45, 7) is 2.15. The summed E-state index contributed by atoms with van der Waals surface area (Å²) in [6, 6.07) is 8.34. The summed E-state index contributed by atoms with van der Waals surface area (Å²) in [5.41, 5.74) is 7.36. The Balaban J connectivity index is 2.34. The minimum atomic E-state index is 0.266. The van der Waals surface area contributed by atoms with E-state index in [9.17, 15) is 0 Å². The van der Waals surface area contributed by atoms with E-state index in [1.807, 2.05) is 19.2 Å². The molecule has 94 valence electrons. The maximum atomic E-state index is 5.72. The van der Waals surface area contributed by atoms with Gasteiger partial charge < -0.3 is 10.6 Å². The lowest BCUT2D eigenvalue weighted by Gasteiger charge is -2.27.